The molecule has 0 unspecified atom stereocenters. The predicted molar refractivity (Wildman–Crippen MR) is 70.8 cm³/mol. The number of amides is 1. The number of alkyl halides is 3. The van der Waals surface area contributed by atoms with Gasteiger partial charge in [0.05, 0.1) is 19.6 Å². The van der Waals surface area contributed by atoms with E-state index in [0.29, 0.717) is 12.3 Å². The van der Waals surface area contributed by atoms with Gasteiger partial charge in [0.15, 0.2) is 0 Å². The first-order chi connectivity index (χ1) is 9.88. The van der Waals surface area contributed by atoms with E-state index in [1.165, 1.54) is 4.90 Å². The maximum atomic E-state index is 12.3. The summed E-state index contributed by atoms with van der Waals surface area (Å²) in [6.45, 7) is 0.120. The number of rotatable bonds is 5. The van der Waals surface area contributed by atoms with Gasteiger partial charge < -0.3 is 10.1 Å². The Balaban J connectivity index is 1.71. The molecule has 2 rings (SSSR count). The molecule has 1 aliphatic rings. The van der Waals surface area contributed by atoms with Crippen LogP contribution in [0.2, 0.25) is 0 Å². The number of ether oxygens (including phenoxy) is 1. The third kappa shape index (κ3) is 4.35. The smallest absolute Gasteiger partial charge is 0.394 e. The van der Waals surface area contributed by atoms with E-state index >= 15 is 0 Å². The molecule has 1 fully saturated rings. The zero-order valence-corrected chi connectivity index (χ0v) is 11.6. The van der Waals surface area contributed by atoms with E-state index in [1.807, 2.05) is 12.1 Å². The van der Waals surface area contributed by atoms with Crippen LogP contribution in [0.15, 0.2) is 24.3 Å². The van der Waals surface area contributed by atoms with Crippen molar-refractivity contribution in [3.8, 4) is 5.75 Å². The second-order valence-corrected chi connectivity index (χ2v) is 5.06. The molecule has 116 valence electrons. The first-order valence-electron chi connectivity index (χ1n) is 6.57. The van der Waals surface area contributed by atoms with Crippen molar-refractivity contribution in [1.29, 1.82) is 0 Å². The summed E-state index contributed by atoms with van der Waals surface area (Å²) in [5.41, 5.74) is 0.875. The molecule has 21 heavy (non-hydrogen) atoms. The minimum atomic E-state index is -4.16. The van der Waals surface area contributed by atoms with Gasteiger partial charge in [-0.25, -0.2) is 0 Å². The Morgan fingerprint density at radius 3 is 2.76 bits per heavy atom. The number of nitrogens with one attached hydrogen (secondary N) is 1. The number of hydrogen-bond acceptors (Lipinski definition) is 3. The Bertz CT molecular complexity index is 499. The highest BCUT2D eigenvalue weighted by Gasteiger charge is 2.47. The van der Waals surface area contributed by atoms with Gasteiger partial charge in [-0.15, -0.1) is 0 Å². The molecule has 0 bridgehead atoms. The van der Waals surface area contributed by atoms with E-state index in [-0.39, 0.29) is 25.5 Å². The molecule has 1 aromatic rings. The Labute approximate surface area is 120 Å². The fraction of sp³-hybridized carbons (Fsp3) is 0.500. The van der Waals surface area contributed by atoms with Crippen LogP contribution in [0.4, 0.5) is 13.2 Å². The van der Waals surface area contributed by atoms with Crippen molar-refractivity contribution in [1.82, 2.24) is 10.2 Å². The zero-order valence-electron chi connectivity index (χ0n) is 11.6. The molecule has 0 radical (unpaired) electrons. The lowest BCUT2D eigenvalue weighted by atomic mass is 10.00. The van der Waals surface area contributed by atoms with Crippen molar-refractivity contribution in [2.75, 3.05) is 26.7 Å². The standard InChI is InChI=1S/C14H17F3N2O2/c1-21-12-4-2-3-10(5-12)6-18-13(20)9-19-7-11(8-19)14(15,16)17/h2-5,11H,6-9H2,1H3,(H,18,20). The highest BCUT2D eigenvalue weighted by atomic mass is 19.4. The normalized spacial score (nSPS) is 16.4. The number of benzene rings is 1. The minimum Gasteiger partial charge on any atom is -0.497 e. The Hall–Kier alpha value is -1.76. The molecule has 0 aromatic heterocycles. The van der Waals surface area contributed by atoms with Crippen LogP contribution in [-0.4, -0.2) is 43.7 Å². The van der Waals surface area contributed by atoms with Gasteiger partial charge in [0.2, 0.25) is 5.91 Å². The number of methoxy groups -OCH3 is 1. The second kappa shape index (κ2) is 6.34. The Morgan fingerprint density at radius 1 is 1.43 bits per heavy atom. The molecule has 0 atom stereocenters. The van der Waals surface area contributed by atoms with E-state index in [4.69, 9.17) is 4.74 Å². The minimum absolute atomic E-state index is 0.00342. The van der Waals surface area contributed by atoms with Crippen LogP contribution >= 0.6 is 0 Å². The van der Waals surface area contributed by atoms with Gasteiger partial charge in [-0.1, -0.05) is 12.1 Å². The molecule has 0 spiro atoms. The fourth-order valence-corrected chi connectivity index (χ4v) is 2.15. The van der Waals surface area contributed by atoms with Crippen LogP contribution in [0.5, 0.6) is 5.75 Å². The van der Waals surface area contributed by atoms with Crippen LogP contribution in [0.3, 0.4) is 0 Å². The number of nitrogens with zero attached hydrogens (tertiary/aromatic N) is 1. The third-order valence-electron chi connectivity index (χ3n) is 3.41. The zero-order chi connectivity index (χ0) is 15.5. The van der Waals surface area contributed by atoms with Gasteiger partial charge in [-0.05, 0) is 17.7 Å². The summed E-state index contributed by atoms with van der Waals surface area (Å²) in [7, 11) is 1.55. The lowest BCUT2D eigenvalue weighted by Gasteiger charge is -2.39. The monoisotopic (exact) mass is 302 g/mol. The summed E-state index contributed by atoms with van der Waals surface area (Å²) < 4.78 is 42.0. The highest BCUT2D eigenvalue weighted by Crippen LogP contribution is 2.32. The summed E-state index contributed by atoms with van der Waals surface area (Å²) in [6, 6.07) is 7.24. The van der Waals surface area contributed by atoms with Crippen molar-refractivity contribution in [2.45, 2.75) is 12.7 Å². The summed E-state index contributed by atoms with van der Waals surface area (Å²) >= 11 is 0. The number of carbonyl (C=O) groups excluding carboxylic acids is 1. The first-order valence-corrected chi connectivity index (χ1v) is 6.57. The molecule has 1 heterocycles. The second-order valence-electron chi connectivity index (χ2n) is 5.06. The van der Waals surface area contributed by atoms with Crippen LogP contribution in [0.1, 0.15) is 5.56 Å². The molecule has 0 saturated carbocycles. The number of halogens is 3. The molecule has 1 amide bonds. The molecule has 0 aliphatic carbocycles. The maximum absolute atomic E-state index is 12.3. The average molecular weight is 302 g/mol. The molecule has 4 nitrogen and oxygen atoms in total. The van der Waals surface area contributed by atoms with Crippen molar-refractivity contribution >= 4 is 5.91 Å². The topological polar surface area (TPSA) is 41.6 Å². The summed E-state index contributed by atoms with van der Waals surface area (Å²) in [4.78, 5) is 13.2. The van der Waals surface area contributed by atoms with Gasteiger partial charge in [0.1, 0.15) is 5.75 Å². The molecular formula is C14H17F3N2O2. The maximum Gasteiger partial charge on any atom is 0.394 e. The van der Waals surface area contributed by atoms with E-state index in [9.17, 15) is 18.0 Å². The van der Waals surface area contributed by atoms with Crippen molar-refractivity contribution in [3.05, 3.63) is 29.8 Å². The summed E-state index contributed by atoms with van der Waals surface area (Å²) in [6.07, 6.45) is -4.16. The quantitative estimate of drug-likeness (QED) is 0.902. The van der Waals surface area contributed by atoms with E-state index < -0.39 is 12.1 Å². The Kier molecular flexibility index (Phi) is 4.72. The van der Waals surface area contributed by atoms with Gasteiger partial charge in [-0.3, -0.25) is 9.69 Å². The SMILES string of the molecule is COc1cccc(CNC(=O)CN2CC(C(F)(F)F)C2)c1. The molecular weight excluding hydrogens is 285 g/mol. The van der Waals surface area contributed by atoms with Crippen molar-refractivity contribution in [3.63, 3.8) is 0 Å². The third-order valence-corrected chi connectivity index (χ3v) is 3.41. The number of hydrogen-bond donors (Lipinski definition) is 1. The van der Waals surface area contributed by atoms with Gasteiger partial charge in [0, 0.05) is 19.6 Å². The largest absolute Gasteiger partial charge is 0.497 e. The summed E-state index contributed by atoms with van der Waals surface area (Å²) in [5, 5.41) is 2.69. The Morgan fingerprint density at radius 2 is 2.14 bits per heavy atom. The van der Waals surface area contributed by atoms with Gasteiger partial charge in [-0.2, -0.15) is 13.2 Å². The van der Waals surface area contributed by atoms with E-state index in [0.717, 1.165) is 5.56 Å². The van der Waals surface area contributed by atoms with Crippen LogP contribution in [0, 0.1) is 5.92 Å². The average Bonchev–Trinajstić information content (AvgIpc) is 2.39. The van der Waals surface area contributed by atoms with Crippen LogP contribution < -0.4 is 10.1 Å². The predicted octanol–water partition coefficient (Wildman–Crippen LogP) is 1.81. The van der Waals surface area contributed by atoms with Crippen molar-refractivity contribution < 1.29 is 22.7 Å². The lowest BCUT2D eigenvalue weighted by molar-refractivity contribution is -0.209. The molecule has 1 saturated heterocycles. The van der Waals surface area contributed by atoms with Crippen LogP contribution in [-0.2, 0) is 11.3 Å². The molecule has 1 aromatic carbocycles. The fourth-order valence-electron chi connectivity index (χ4n) is 2.15. The van der Waals surface area contributed by atoms with Gasteiger partial charge in [0.25, 0.3) is 0 Å². The first kappa shape index (κ1) is 15.6. The van der Waals surface area contributed by atoms with Crippen molar-refractivity contribution in [2.24, 2.45) is 5.92 Å². The summed E-state index contributed by atoms with van der Waals surface area (Å²) in [5.74, 6) is -0.889. The molecule has 7 heteroatoms. The van der Waals surface area contributed by atoms with Gasteiger partial charge >= 0.3 is 6.18 Å². The van der Waals surface area contributed by atoms with E-state index in [2.05, 4.69) is 5.32 Å². The number of carbonyl (C=O) groups is 1. The molecule has 1 N–H and O–H groups in total. The van der Waals surface area contributed by atoms with E-state index in [1.54, 1.807) is 19.2 Å². The molecule has 1 aliphatic heterocycles. The van der Waals surface area contributed by atoms with Crippen LogP contribution in [0.25, 0.3) is 0 Å². The highest BCUT2D eigenvalue weighted by molar-refractivity contribution is 5.78. The number of likely N-dealkylation sites (tertiary alicyclic amines) is 1. The lowest BCUT2D eigenvalue weighted by Crippen LogP contribution is -2.55.